The smallest absolute Gasteiger partial charge is 0.307 e. The first kappa shape index (κ1) is 20.2. The van der Waals surface area contributed by atoms with Crippen molar-refractivity contribution in [1.82, 2.24) is 14.9 Å². The zero-order valence-electron chi connectivity index (χ0n) is 14.5. The third-order valence-electron chi connectivity index (χ3n) is 3.59. The number of benzene rings is 2. The Bertz CT molecular complexity index is 1040. The maximum atomic E-state index is 12.1. The van der Waals surface area contributed by atoms with Crippen LogP contribution in [0.4, 0.5) is 0 Å². The quantitative estimate of drug-likeness (QED) is 0.508. The first-order valence-electron chi connectivity index (χ1n) is 8.23. The molecule has 0 fully saturated rings. The van der Waals surface area contributed by atoms with E-state index in [2.05, 4.69) is 30.8 Å². The molecule has 1 N–H and O–H groups in total. The van der Waals surface area contributed by atoms with Crippen LogP contribution in [0.2, 0.25) is 0 Å². The van der Waals surface area contributed by atoms with Crippen LogP contribution in [0.15, 0.2) is 68.4 Å². The molecule has 3 rings (SSSR count). The summed E-state index contributed by atoms with van der Waals surface area (Å²) in [4.78, 5) is 11.9. The second-order valence-corrected chi connectivity index (χ2v) is 8.31. The highest BCUT2D eigenvalue weighted by Gasteiger charge is 2.15. The summed E-state index contributed by atoms with van der Waals surface area (Å²) in [6.45, 7) is -0.266. The number of nitrogens with one attached hydrogen (secondary N) is 1. The summed E-state index contributed by atoms with van der Waals surface area (Å²) in [6, 6.07) is 15.2. The Hall–Kier alpha value is -2.56. The summed E-state index contributed by atoms with van der Waals surface area (Å²) in [5.74, 6) is -0.121. The molecule has 0 spiro atoms. The second kappa shape index (κ2) is 9.09. The third-order valence-corrected chi connectivity index (χ3v) is 5.59. The van der Waals surface area contributed by atoms with Gasteiger partial charge in [0.15, 0.2) is 6.61 Å². The number of carbonyl (C=O) groups excluding carboxylic acids is 1. The van der Waals surface area contributed by atoms with Crippen molar-refractivity contribution >= 4 is 31.9 Å². The van der Waals surface area contributed by atoms with E-state index in [-0.39, 0.29) is 30.4 Å². The maximum absolute atomic E-state index is 12.1. The fraction of sp³-hybridized carbons (Fsp3) is 0.167. The largest absolute Gasteiger partial charge is 0.456 e. The minimum atomic E-state index is -3.66. The minimum Gasteiger partial charge on any atom is -0.456 e. The van der Waals surface area contributed by atoms with Crippen molar-refractivity contribution in [3.63, 3.8) is 0 Å². The summed E-state index contributed by atoms with van der Waals surface area (Å²) in [5, 5.41) is 7.74. The molecule has 146 valence electrons. The molecule has 10 heteroatoms. The topological polar surface area (TPSA) is 111 Å². The van der Waals surface area contributed by atoms with Crippen LogP contribution >= 0.6 is 15.9 Å². The summed E-state index contributed by atoms with van der Waals surface area (Å²) >= 11 is 3.34. The molecule has 1 aromatic heterocycles. The molecule has 2 aromatic carbocycles. The molecule has 3 aromatic rings. The molecule has 0 atom stereocenters. The molecular formula is C18H16BrN3O5S. The maximum Gasteiger partial charge on any atom is 0.307 e. The third kappa shape index (κ3) is 5.47. The van der Waals surface area contributed by atoms with Gasteiger partial charge in [-0.05, 0) is 36.4 Å². The molecule has 0 aliphatic carbocycles. The number of ether oxygens (including phenoxy) is 1. The summed E-state index contributed by atoms with van der Waals surface area (Å²) < 4.78 is 37.9. The number of nitrogens with zero attached hydrogens (tertiary/aromatic N) is 2. The van der Waals surface area contributed by atoms with Crippen molar-refractivity contribution in [2.24, 2.45) is 0 Å². The van der Waals surface area contributed by atoms with Gasteiger partial charge in [-0.2, -0.15) is 0 Å². The number of carbonyl (C=O) groups is 1. The monoisotopic (exact) mass is 465 g/mol. The second-order valence-electron chi connectivity index (χ2n) is 5.63. The number of rotatable bonds is 8. The molecule has 28 heavy (non-hydrogen) atoms. The van der Waals surface area contributed by atoms with Gasteiger partial charge in [-0.3, -0.25) is 4.79 Å². The van der Waals surface area contributed by atoms with E-state index in [1.165, 1.54) is 12.1 Å². The highest BCUT2D eigenvalue weighted by atomic mass is 79.9. The van der Waals surface area contributed by atoms with Gasteiger partial charge < -0.3 is 9.15 Å². The van der Waals surface area contributed by atoms with Gasteiger partial charge in [0.1, 0.15) is 0 Å². The van der Waals surface area contributed by atoms with E-state index in [0.717, 1.165) is 10.0 Å². The molecule has 0 unspecified atom stereocenters. The Morgan fingerprint density at radius 3 is 2.50 bits per heavy atom. The molecule has 1 heterocycles. The van der Waals surface area contributed by atoms with Crippen molar-refractivity contribution in [2.45, 2.75) is 17.9 Å². The Balaban J connectivity index is 1.45. The highest BCUT2D eigenvalue weighted by molar-refractivity contribution is 9.10. The first-order valence-corrected chi connectivity index (χ1v) is 10.5. The molecule has 0 aliphatic heterocycles. The van der Waals surface area contributed by atoms with Crippen LogP contribution in [0.1, 0.15) is 12.3 Å². The zero-order chi connectivity index (χ0) is 20.0. The van der Waals surface area contributed by atoms with E-state index in [1.807, 2.05) is 24.3 Å². The molecule has 0 amide bonds. The Morgan fingerprint density at radius 2 is 1.79 bits per heavy atom. The average Bonchev–Trinajstić information content (AvgIpc) is 3.16. The van der Waals surface area contributed by atoms with Crippen LogP contribution in [-0.2, 0) is 26.2 Å². The van der Waals surface area contributed by atoms with Gasteiger partial charge in [0.2, 0.25) is 15.9 Å². The van der Waals surface area contributed by atoms with E-state index in [9.17, 15) is 13.2 Å². The Morgan fingerprint density at radius 1 is 1.07 bits per heavy atom. The van der Waals surface area contributed by atoms with Gasteiger partial charge in [0, 0.05) is 16.6 Å². The lowest BCUT2D eigenvalue weighted by molar-refractivity contribution is -0.145. The van der Waals surface area contributed by atoms with Crippen molar-refractivity contribution in [2.75, 3.05) is 6.54 Å². The molecule has 8 nitrogen and oxygen atoms in total. The number of sulfonamides is 1. The minimum absolute atomic E-state index is 0.0793. The SMILES string of the molecule is O=C(CCNS(=O)(=O)c1ccccc1)OCc1nnc(-c2ccc(Br)cc2)o1. The molecule has 0 saturated carbocycles. The van der Waals surface area contributed by atoms with Gasteiger partial charge in [0.25, 0.3) is 5.89 Å². The molecule has 0 bridgehead atoms. The van der Waals surface area contributed by atoms with Crippen molar-refractivity contribution in [1.29, 1.82) is 0 Å². The van der Waals surface area contributed by atoms with E-state index < -0.39 is 16.0 Å². The predicted octanol–water partition coefficient (Wildman–Crippen LogP) is 2.91. The normalized spacial score (nSPS) is 11.3. The van der Waals surface area contributed by atoms with Crippen LogP contribution < -0.4 is 4.72 Å². The number of esters is 1. The fourth-order valence-corrected chi connectivity index (χ4v) is 3.52. The average molecular weight is 466 g/mol. The standard InChI is InChI=1S/C18H16BrN3O5S/c19-14-8-6-13(7-9-14)18-22-21-16(27-18)12-26-17(23)10-11-20-28(24,25)15-4-2-1-3-5-15/h1-9,20H,10-12H2. The number of hydrogen-bond acceptors (Lipinski definition) is 7. The van der Waals surface area contributed by atoms with Crippen LogP contribution in [0.25, 0.3) is 11.5 Å². The van der Waals surface area contributed by atoms with E-state index in [4.69, 9.17) is 9.15 Å². The van der Waals surface area contributed by atoms with Crippen LogP contribution in [0, 0.1) is 0 Å². The van der Waals surface area contributed by atoms with Crippen LogP contribution in [0.5, 0.6) is 0 Å². The van der Waals surface area contributed by atoms with Crippen molar-refractivity contribution < 1.29 is 22.4 Å². The van der Waals surface area contributed by atoms with Gasteiger partial charge >= 0.3 is 5.97 Å². The zero-order valence-corrected chi connectivity index (χ0v) is 16.9. The van der Waals surface area contributed by atoms with Gasteiger partial charge in [-0.25, -0.2) is 13.1 Å². The summed E-state index contributed by atoms with van der Waals surface area (Å²) in [6.07, 6.45) is -0.125. The highest BCUT2D eigenvalue weighted by Crippen LogP contribution is 2.20. The summed E-state index contributed by atoms with van der Waals surface area (Å²) in [7, 11) is -3.66. The molecular weight excluding hydrogens is 450 g/mol. The van der Waals surface area contributed by atoms with E-state index >= 15 is 0 Å². The van der Waals surface area contributed by atoms with Crippen LogP contribution in [-0.4, -0.2) is 31.1 Å². The first-order chi connectivity index (χ1) is 13.4. The number of hydrogen-bond donors (Lipinski definition) is 1. The van der Waals surface area contributed by atoms with Crippen LogP contribution in [0.3, 0.4) is 0 Å². The lowest BCUT2D eigenvalue weighted by atomic mass is 10.2. The lowest BCUT2D eigenvalue weighted by Gasteiger charge is -2.06. The molecule has 0 saturated heterocycles. The fourth-order valence-electron chi connectivity index (χ4n) is 2.21. The Labute approximate surface area is 170 Å². The van der Waals surface area contributed by atoms with Gasteiger partial charge in [0.05, 0.1) is 11.3 Å². The van der Waals surface area contributed by atoms with E-state index in [1.54, 1.807) is 18.2 Å². The van der Waals surface area contributed by atoms with E-state index in [0.29, 0.717) is 5.89 Å². The van der Waals surface area contributed by atoms with Gasteiger partial charge in [-0.15, -0.1) is 10.2 Å². The molecule has 0 radical (unpaired) electrons. The molecule has 0 aliphatic rings. The van der Waals surface area contributed by atoms with Crippen molar-refractivity contribution in [3.05, 3.63) is 65.0 Å². The number of halogens is 1. The van der Waals surface area contributed by atoms with Gasteiger partial charge in [-0.1, -0.05) is 34.1 Å². The number of aromatic nitrogens is 2. The van der Waals surface area contributed by atoms with Crippen molar-refractivity contribution in [3.8, 4) is 11.5 Å². The lowest BCUT2D eigenvalue weighted by Crippen LogP contribution is -2.26. The predicted molar refractivity (Wildman–Crippen MR) is 103 cm³/mol. The summed E-state index contributed by atoms with van der Waals surface area (Å²) in [5.41, 5.74) is 0.739. The Kier molecular flexibility index (Phi) is 6.55.